The van der Waals surface area contributed by atoms with Gasteiger partial charge in [0, 0.05) is 0 Å². The molecule has 6 nitrogen and oxygen atoms in total. The van der Waals surface area contributed by atoms with Gasteiger partial charge in [-0.1, -0.05) is 0 Å². The summed E-state index contributed by atoms with van der Waals surface area (Å²) in [4.78, 5) is 0. The van der Waals surface area contributed by atoms with E-state index in [0.717, 1.165) is 0 Å². The van der Waals surface area contributed by atoms with Crippen molar-refractivity contribution in [3.8, 4) is 0 Å². The average molecular weight is 360 g/mol. The van der Waals surface area contributed by atoms with E-state index < -0.39 is 43.0 Å². The Labute approximate surface area is 104 Å². The Hall–Kier alpha value is -0.740. The van der Waals surface area contributed by atoms with Gasteiger partial charge >= 0.3 is 43.0 Å². The molecule has 0 N–H and O–H groups in total. The minimum absolute atomic E-state index is 2.00. The minimum Gasteiger partial charge on any atom is -0.192 e. The molecule has 0 radical (unpaired) electrons. The number of alkyl halides is 8. The summed E-state index contributed by atoms with van der Waals surface area (Å²) in [7, 11) is -14.9. The summed E-state index contributed by atoms with van der Waals surface area (Å²) >= 11 is 0. The monoisotopic (exact) mass is 360 g/mol. The van der Waals surface area contributed by atoms with Crippen LogP contribution in [0.1, 0.15) is 0 Å². The van der Waals surface area contributed by atoms with Crippen LogP contribution in [0, 0.1) is 0 Å². The molecule has 16 heteroatoms. The molecular formula is C4F8O6S2. The zero-order valence-electron chi connectivity index (χ0n) is 8.29. The summed E-state index contributed by atoms with van der Waals surface area (Å²) in [5.41, 5.74) is 0. The molecule has 0 atom stereocenters. The highest BCUT2D eigenvalue weighted by Crippen LogP contribution is 2.51. The van der Waals surface area contributed by atoms with E-state index in [4.69, 9.17) is 0 Å². The van der Waals surface area contributed by atoms with Gasteiger partial charge in [-0.15, -0.1) is 0 Å². The smallest absolute Gasteiger partial charge is 0.192 e. The Morgan fingerprint density at radius 1 is 0.550 bits per heavy atom. The van der Waals surface area contributed by atoms with Crippen LogP contribution < -0.4 is 0 Å². The van der Waals surface area contributed by atoms with Crippen LogP contribution in [0.4, 0.5) is 35.1 Å². The van der Waals surface area contributed by atoms with Gasteiger partial charge in [-0.3, -0.25) is 0 Å². The summed E-state index contributed by atoms with van der Waals surface area (Å²) in [5.74, 6) is 0. The molecule has 1 aliphatic heterocycles. The van der Waals surface area contributed by atoms with E-state index in [1.54, 1.807) is 0 Å². The lowest BCUT2D eigenvalue weighted by Crippen LogP contribution is -2.61. The van der Waals surface area contributed by atoms with E-state index in [9.17, 15) is 52.0 Å². The zero-order valence-corrected chi connectivity index (χ0v) is 9.92. The summed E-state index contributed by atoms with van der Waals surface area (Å²) in [6.07, 6.45) is -12.9. The van der Waals surface area contributed by atoms with Crippen LogP contribution >= 0.6 is 0 Å². The number of halogens is 8. The van der Waals surface area contributed by atoms with Crippen molar-refractivity contribution in [3.05, 3.63) is 0 Å². The first-order chi connectivity index (χ1) is 8.41. The first-order valence-corrected chi connectivity index (χ1v) is 6.64. The first kappa shape index (κ1) is 17.3. The Bertz CT molecular complexity index is 563. The van der Waals surface area contributed by atoms with Crippen LogP contribution in [0.15, 0.2) is 0 Å². The van der Waals surface area contributed by atoms with E-state index in [2.05, 4.69) is 0 Å². The standard InChI is InChI=1S/C4F8O6S2/c5-1(6)2(7,8)18-20(15,16)4(11,12)3(9,10)19(13,14)17-1. The lowest BCUT2D eigenvalue weighted by molar-refractivity contribution is -0.383. The van der Waals surface area contributed by atoms with Crippen molar-refractivity contribution in [2.24, 2.45) is 0 Å². The van der Waals surface area contributed by atoms with Gasteiger partial charge in [0.15, 0.2) is 0 Å². The fraction of sp³-hybridized carbons (Fsp3) is 1.00. The van der Waals surface area contributed by atoms with Crippen LogP contribution in [-0.4, -0.2) is 39.6 Å². The molecule has 20 heavy (non-hydrogen) atoms. The molecule has 0 saturated carbocycles. The molecule has 0 unspecified atom stereocenters. The zero-order chi connectivity index (χ0) is 16.4. The van der Waals surface area contributed by atoms with Crippen molar-refractivity contribution in [2.75, 3.05) is 0 Å². The molecule has 1 saturated heterocycles. The maximum absolute atomic E-state index is 12.8. The highest BCUT2D eigenvalue weighted by atomic mass is 32.2. The molecule has 0 aliphatic carbocycles. The molecule has 0 spiro atoms. The van der Waals surface area contributed by atoms with Crippen LogP contribution in [0.25, 0.3) is 0 Å². The maximum Gasteiger partial charge on any atom is 0.463 e. The molecular weight excluding hydrogens is 360 g/mol. The van der Waals surface area contributed by atoms with E-state index in [0.29, 0.717) is 0 Å². The van der Waals surface area contributed by atoms with E-state index >= 15 is 0 Å². The normalized spacial score (nSPS) is 32.8. The van der Waals surface area contributed by atoms with Crippen molar-refractivity contribution in [1.29, 1.82) is 0 Å². The van der Waals surface area contributed by atoms with Crippen molar-refractivity contribution < 1.29 is 60.3 Å². The van der Waals surface area contributed by atoms with Crippen LogP contribution in [0.2, 0.25) is 0 Å². The van der Waals surface area contributed by atoms with Gasteiger partial charge in [-0.05, 0) is 0 Å². The lowest BCUT2D eigenvalue weighted by atomic mass is 10.6. The molecule has 1 heterocycles. The molecule has 0 amide bonds. The molecule has 1 aliphatic rings. The molecule has 0 aromatic carbocycles. The fourth-order valence-electron chi connectivity index (χ4n) is 0.768. The third-order valence-corrected chi connectivity index (χ3v) is 4.49. The Kier molecular flexibility index (Phi) is 3.39. The average Bonchev–Trinajstić information content (AvgIpc) is 2.11. The molecule has 0 bridgehead atoms. The van der Waals surface area contributed by atoms with Crippen molar-refractivity contribution >= 4 is 20.2 Å². The van der Waals surface area contributed by atoms with E-state index in [1.165, 1.54) is 0 Å². The topological polar surface area (TPSA) is 86.7 Å². The molecule has 1 rings (SSSR count). The van der Waals surface area contributed by atoms with Crippen LogP contribution in [0.5, 0.6) is 0 Å². The van der Waals surface area contributed by atoms with E-state index in [-0.39, 0.29) is 0 Å². The van der Waals surface area contributed by atoms with Crippen LogP contribution in [0.3, 0.4) is 0 Å². The van der Waals surface area contributed by atoms with Crippen LogP contribution in [-0.2, 0) is 28.6 Å². The van der Waals surface area contributed by atoms with Gasteiger partial charge in [0.25, 0.3) is 0 Å². The van der Waals surface area contributed by atoms with Crippen molar-refractivity contribution in [3.63, 3.8) is 0 Å². The minimum atomic E-state index is -7.45. The Morgan fingerprint density at radius 2 is 0.750 bits per heavy atom. The van der Waals surface area contributed by atoms with Gasteiger partial charge < -0.3 is 0 Å². The predicted molar refractivity (Wildman–Crippen MR) is 39.8 cm³/mol. The van der Waals surface area contributed by atoms with Gasteiger partial charge in [0.05, 0.1) is 0 Å². The van der Waals surface area contributed by atoms with E-state index in [1.807, 2.05) is 8.37 Å². The lowest BCUT2D eigenvalue weighted by Gasteiger charge is -2.32. The third kappa shape index (κ3) is 2.04. The SMILES string of the molecule is O=S1(=O)OC(F)(F)C(F)(F)OS(=O)(=O)C(F)(F)C1(F)F. The summed E-state index contributed by atoms with van der Waals surface area (Å²) in [6, 6.07) is 0. The second-order valence-corrected chi connectivity index (χ2v) is 6.32. The summed E-state index contributed by atoms with van der Waals surface area (Å²) in [5, 5.41) is -13.6. The van der Waals surface area contributed by atoms with Gasteiger partial charge in [-0.2, -0.15) is 60.3 Å². The van der Waals surface area contributed by atoms with Gasteiger partial charge in [-0.25, -0.2) is 0 Å². The molecule has 0 aromatic heterocycles. The highest BCUT2D eigenvalue weighted by molar-refractivity contribution is 7.92. The first-order valence-electron chi connectivity index (χ1n) is 3.83. The van der Waals surface area contributed by atoms with Gasteiger partial charge in [0.2, 0.25) is 0 Å². The number of hydrogen-bond donors (Lipinski definition) is 0. The van der Waals surface area contributed by atoms with Gasteiger partial charge in [0.1, 0.15) is 0 Å². The maximum atomic E-state index is 12.8. The number of hydrogen-bond acceptors (Lipinski definition) is 6. The quantitative estimate of drug-likeness (QED) is 0.474. The molecule has 120 valence electrons. The molecule has 1 fully saturated rings. The largest absolute Gasteiger partial charge is 0.463 e. The molecule has 0 aromatic rings. The third-order valence-electron chi connectivity index (χ3n) is 1.73. The highest BCUT2D eigenvalue weighted by Gasteiger charge is 2.82. The summed E-state index contributed by atoms with van der Waals surface area (Å²) < 4.78 is 147. The van der Waals surface area contributed by atoms with Crippen molar-refractivity contribution in [1.82, 2.24) is 0 Å². The second-order valence-electron chi connectivity index (χ2n) is 3.14. The predicted octanol–water partition coefficient (Wildman–Crippen LogP) is 1.06. The second kappa shape index (κ2) is 3.92. The van der Waals surface area contributed by atoms with Crippen molar-refractivity contribution in [2.45, 2.75) is 22.7 Å². The summed E-state index contributed by atoms with van der Waals surface area (Å²) in [6.45, 7) is 0. The number of rotatable bonds is 0. The fourth-order valence-corrected chi connectivity index (χ4v) is 2.92. The Morgan fingerprint density at radius 3 is 0.950 bits per heavy atom. The Balaban J connectivity index is 3.74.